The minimum absolute atomic E-state index is 0. The summed E-state index contributed by atoms with van der Waals surface area (Å²) >= 11 is 0. The third-order valence-electron chi connectivity index (χ3n) is 5.61. The maximum atomic E-state index is 12.3. The Kier molecular flexibility index (Phi) is 11.6. The lowest BCUT2D eigenvalue weighted by atomic mass is 10.2. The predicted octanol–water partition coefficient (Wildman–Crippen LogP) is 3.00. The van der Waals surface area contributed by atoms with Gasteiger partial charge >= 0.3 is 0 Å². The smallest absolute Gasteiger partial charge is 0.194 e. The van der Waals surface area contributed by atoms with Crippen LogP contribution in [0.1, 0.15) is 40.2 Å². The molecule has 0 aliphatic carbocycles. The summed E-state index contributed by atoms with van der Waals surface area (Å²) in [4.78, 5) is 9.18. The Morgan fingerprint density at radius 1 is 1.23 bits per heavy atom. The Labute approximate surface area is 205 Å². The standard InChI is InChI=1S/C22H38N4O3S.HI/c1-6-23-21(26-14-16-30(27,28)22(4,5)18-26)24-17-19-11-9-10-12-20(19)29-15-13-25(7-2)8-3;/h9-12H,6-8,13-18H2,1-5H3,(H,23,24);1H. The van der Waals surface area contributed by atoms with Gasteiger partial charge in [-0.05, 0) is 39.9 Å². The van der Waals surface area contributed by atoms with E-state index >= 15 is 0 Å². The zero-order valence-corrected chi connectivity index (χ0v) is 22.7. The number of ether oxygens (including phenoxy) is 1. The van der Waals surface area contributed by atoms with E-state index in [1.165, 1.54) is 0 Å². The number of hydrogen-bond acceptors (Lipinski definition) is 5. The summed E-state index contributed by atoms with van der Waals surface area (Å²) < 4.78 is 29.9. The van der Waals surface area contributed by atoms with Crippen molar-refractivity contribution < 1.29 is 13.2 Å². The molecule has 1 N–H and O–H groups in total. The molecule has 1 aromatic carbocycles. The van der Waals surface area contributed by atoms with Crippen LogP contribution in [0.25, 0.3) is 0 Å². The average Bonchev–Trinajstić information content (AvgIpc) is 2.71. The van der Waals surface area contributed by atoms with Crippen LogP contribution in [-0.4, -0.2) is 80.6 Å². The van der Waals surface area contributed by atoms with E-state index in [1.54, 1.807) is 13.8 Å². The van der Waals surface area contributed by atoms with Gasteiger partial charge in [-0.3, -0.25) is 0 Å². The maximum Gasteiger partial charge on any atom is 0.194 e. The molecule has 1 heterocycles. The molecular weight excluding hydrogens is 527 g/mol. The third-order valence-corrected chi connectivity index (χ3v) is 8.14. The molecule has 0 amide bonds. The minimum atomic E-state index is -3.09. The second-order valence-electron chi connectivity index (χ2n) is 8.15. The van der Waals surface area contributed by atoms with Crippen LogP contribution in [0.3, 0.4) is 0 Å². The van der Waals surface area contributed by atoms with E-state index < -0.39 is 14.6 Å². The number of aliphatic imine (C=N–C) groups is 1. The van der Waals surface area contributed by atoms with Gasteiger partial charge in [0.2, 0.25) is 0 Å². The first kappa shape index (κ1) is 28.0. The van der Waals surface area contributed by atoms with Crippen molar-refractivity contribution in [3.05, 3.63) is 29.8 Å². The number of rotatable bonds is 9. The van der Waals surface area contributed by atoms with Crippen molar-refractivity contribution >= 4 is 39.8 Å². The molecular formula is C22H39IN4O3S. The van der Waals surface area contributed by atoms with Crippen molar-refractivity contribution in [2.24, 2.45) is 4.99 Å². The van der Waals surface area contributed by atoms with Crippen LogP contribution in [0.4, 0.5) is 0 Å². The SMILES string of the molecule is CCNC(=NCc1ccccc1OCCN(CC)CC)N1CCS(=O)(=O)C(C)(C)C1.I. The van der Waals surface area contributed by atoms with Gasteiger partial charge < -0.3 is 19.9 Å². The summed E-state index contributed by atoms with van der Waals surface area (Å²) in [5.41, 5.74) is 1.02. The number of hydrogen-bond donors (Lipinski definition) is 1. The summed E-state index contributed by atoms with van der Waals surface area (Å²) in [6.07, 6.45) is 0. The van der Waals surface area contributed by atoms with E-state index in [4.69, 9.17) is 9.73 Å². The van der Waals surface area contributed by atoms with E-state index in [2.05, 4.69) is 24.1 Å². The zero-order valence-electron chi connectivity index (χ0n) is 19.6. The second-order valence-corrected chi connectivity index (χ2v) is 10.9. The Balaban J connectivity index is 0.00000480. The quantitative estimate of drug-likeness (QED) is 0.282. The highest BCUT2D eigenvalue weighted by atomic mass is 127. The molecule has 0 aromatic heterocycles. The molecule has 0 saturated carbocycles. The number of nitrogens with one attached hydrogen (secondary N) is 1. The monoisotopic (exact) mass is 566 g/mol. The lowest BCUT2D eigenvalue weighted by molar-refractivity contribution is 0.221. The van der Waals surface area contributed by atoms with Gasteiger partial charge in [0.15, 0.2) is 15.8 Å². The van der Waals surface area contributed by atoms with Crippen LogP contribution < -0.4 is 10.1 Å². The van der Waals surface area contributed by atoms with Gasteiger partial charge in [-0.25, -0.2) is 13.4 Å². The van der Waals surface area contributed by atoms with Crippen molar-refractivity contribution in [1.82, 2.24) is 15.1 Å². The van der Waals surface area contributed by atoms with Crippen LogP contribution in [0.15, 0.2) is 29.3 Å². The van der Waals surface area contributed by atoms with Crippen molar-refractivity contribution in [1.29, 1.82) is 0 Å². The Morgan fingerprint density at radius 3 is 2.52 bits per heavy atom. The van der Waals surface area contributed by atoms with E-state index in [-0.39, 0.29) is 29.7 Å². The van der Waals surface area contributed by atoms with Crippen molar-refractivity contribution in [3.8, 4) is 5.75 Å². The summed E-state index contributed by atoms with van der Waals surface area (Å²) in [5, 5.41) is 3.31. The van der Waals surface area contributed by atoms with E-state index in [0.717, 1.165) is 43.5 Å². The molecule has 9 heteroatoms. The number of nitrogens with zero attached hydrogens (tertiary/aromatic N) is 3. The minimum Gasteiger partial charge on any atom is -0.492 e. The highest BCUT2D eigenvalue weighted by Crippen LogP contribution is 2.24. The van der Waals surface area contributed by atoms with Gasteiger partial charge in [0, 0.05) is 31.7 Å². The fraction of sp³-hybridized carbons (Fsp3) is 0.682. The second kappa shape index (κ2) is 12.8. The molecule has 0 unspecified atom stereocenters. The number of guanidine groups is 1. The highest BCUT2D eigenvalue weighted by molar-refractivity contribution is 14.0. The fourth-order valence-corrected chi connectivity index (χ4v) is 4.88. The summed E-state index contributed by atoms with van der Waals surface area (Å²) in [5.74, 6) is 1.75. The van der Waals surface area contributed by atoms with Gasteiger partial charge in [-0.15, -0.1) is 24.0 Å². The lowest BCUT2D eigenvalue weighted by Gasteiger charge is -2.39. The molecule has 0 radical (unpaired) electrons. The molecule has 1 aromatic rings. The van der Waals surface area contributed by atoms with Crippen LogP contribution in [0.2, 0.25) is 0 Å². The molecule has 7 nitrogen and oxygen atoms in total. The largest absolute Gasteiger partial charge is 0.492 e. The van der Waals surface area contributed by atoms with Gasteiger partial charge in [-0.2, -0.15) is 0 Å². The number of halogens is 1. The summed E-state index contributed by atoms with van der Waals surface area (Å²) in [6.45, 7) is 15.6. The molecule has 31 heavy (non-hydrogen) atoms. The van der Waals surface area contributed by atoms with Crippen molar-refractivity contribution in [2.45, 2.75) is 45.9 Å². The number of likely N-dealkylation sites (N-methyl/N-ethyl adjacent to an activating group) is 1. The van der Waals surface area contributed by atoms with Crippen molar-refractivity contribution in [2.75, 3.05) is 51.6 Å². The van der Waals surface area contributed by atoms with Crippen LogP contribution in [0.5, 0.6) is 5.75 Å². The van der Waals surface area contributed by atoms with Gasteiger partial charge in [-0.1, -0.05) is 32.0 Å². The number of para-hydroxylation sites is 1. The molecule has 0 bridgehead atoms. The molecule has 178 valence electrons. The van der Waals surface area contributed by atoms with Crippen LogP contribution >= 0.6 is 24.0 Å². The molecule has 2 rings (SSSR count). The molecule has 1 saturated heterocycles. The molecule has 0 atom stereocenters. The molecule has 0 spiro atoms. The van der Waals surface area contributed by atoms with Crippen LogP contribution in [0, 0.1) is 0 Å². The third kappa shape index (κ3) is 7.78. The molecule has 1 aliphatic heterocycles. The number of sulfone groups is 1. The van der Waals surface area contributed by atoms with E-state index in [0.29, 0.717) is 26.2 Å². The normalized spacial score (nSPS) is 17.9. The average molecular weight is 567 g/mol. The first-order valence-corrected chi connectivity index (χ1v) is 12.6. The van der Waals surface area contributed by atoms with Gasteiger partial charge in [0.1, 0.15) is 12.4 Å². The molecule has 1 fully saturated rings. The topological polar surface area (TPSA) is 74.2 Å². The van der Waals surface area contributed by atoms with Gasteiger partial charge in [0.25, 0.3) is 0 Å². The lowest BCUT2D eigenvalue weighted by Crippen LogP contribution is -2.57. The Morgan fingerprint density at radius 2 is 1.90 bits per heavy atom. The highest BCUT2D eigenvalue weighted by Gasteiger charge is 2.40. The van der Waals surface area contributed by atoms with Gasteiger partial charge in [0.05, 0.1) is 17.0 Å². The Hall–Kier alpha value is -1.07. The zero-order chi connectivity index (χ0) is 22.2. The summed E-state index contributed by atoms with van der Waals surface area (Å²) in [6, 6.07) is 7.98. The summed E-state index contributed by atoms with van der Waals surface area (Å²) in [7, 11) is -3.09. The molecule has 1 aliphatic rings. The maximum absolute atomic E-state index is 12.3. The van der Waals surface area contributed by atoms with E-state index in [1.807, 2.05) is 36.1 Å². The Bertz CT molecular complexity index is 811. The first-order valence-electron chi connectivity index (χ1n) is 10.9. The first-order chi connectivity index (χ1) is 14.2. The van der Waals surface area contributed by atoms with E-state index in [9.17, 15) is 8.42 Å². The van der Waals surface area contributed by atoms with Crippen LogP contribution in [-0.2, 0) is 16.4 Å². The fourth-order valence-electron chi connectivity index (χ4n) is 3.51. The predicted molar refractivity (Wildman–Crippen MR) is 139 cm³/mol. The number of benzene rings is 1. The van der Waals surface area contributed by atoms with Crippen molar-refractivity contribution in [3.63, 3.8) is 0 Å².